The molecular weight excluding hydrogens is 216 g/mol. The lowest BCUT2D eigenvalue weighted by molar-refractivity contribution is -0.131. The van der Waals surface area contributed by atoms with E-state index in [0.717, 1.165) is 37.3 Å². The molecule has 1 fully saturated rings. The number of carbonyl (C=O) groups is 1. The second-order valence-corrected chi connectivity index (χ2v) is 4.66. The van der Waals surface area contributed by atoms with E-state index in [4.69, 9.17) is 0 Å². The summed E-state index contributed by atoms with van der Waals surface area (Å²) in [6, 6.07) is 2.29. The summed E-state index contributed by atoms with van der Waals surface area (Å²) in [5, 5.41) is 10.1. The van der Waals surface area contributed by atoms with Crippen LogP contribution in [0.15, 0.2) is 6.07 Å². The van der Waals surface area contributed by atoms with Crippen LogP contribution in [0.5, 0.6) is 0 Å². The summed E-state index contributed by atoms with van der Waals surface area (Å²) < 4.78 is 0. The quantitative estimate of drug-likeness (QED) is 0.799. The largest absolute Gasteiger partial charge is 0.338 e. The van der Waals surface area contributed by atoms with Crippen molar-refractivity contribution in [3.8, 4) is 0 Å². The van der Waals surface area contributed by atoms with Gasteiger partial charge in [0.25, 0.3) is 0 Å². The third-order valence-corrected chi connectivity index (χ3v) is 3.23. The smallest absolute Gasteiger partial charge is 0.228 e. The zero-order chi connectivity index (χ0) is 12.3. The first-order valence-corrected chi connectivity index (χ1v) is 6.15. The maximum absolute atomic E-state index is 12.2. The third kappa shape index (κ3) is 2.85. The van der Waals surface area contributed by atoms with Gasteiger partial charge in [0.15, 0.2) is 0 Å². The van der Waals surface area contributed by atoms with E-state index in [1.54, 1.807) is 0 Å². The molecule has 5 heteroatoms. The van der Waals surface area contributed by atoms with Gasteiger partial charge in [-0.2, -0.15) is 5.10 Å². The molecule has 0 radical (unpaired) electrons. The number of aryl methyl sites for hydroxylation is 1. The number of H-pyrrole nitrogens is 1. The molecule has 1 unspecified atom stereocenters. The fraction of sp³-hybridized carbons (Fsp3) is 0.667. The minimum absolute atomic E-state index is 0.189. The Morgan fingerprint density at radius 1 is 1.71 bits per heavy atom. The molecule has 94 valence electrons. The number of aromatic nitrogens is 2. The van der Waals surface area contributed by atoms with Crippen LogP contribution in [-0.2, 0) is 11.2 Å². The second-order valence-electron chi connectivity index (χ2n) is 4.66. The van der Waals surface area contributed by atoms with Crippen LogP contribution in [0.25, 0.3) is 0 Å². The zero-order valence-electron chi connectivity index (χ0n) is 10.5. The van der Waals surface area contributed by atoms with Gasteiger partial charge < -0.3 is 10.2 Å². The van der Waals surface area contributed by atoms with Crippen molar-refractivity contribution >= 4 is 5.91 Å². The summed E-state index contributed by atoms with van der Waals surface area (Å²) in [6.07, 6.45) is 2.62. The number of rotatable bonds is 4. The molecule has 1 aromatic rings. The second kappa shape index (κ2) is 5.31. The van der Waals surface area contributed by atoms with Crippen molar-refractivity contribution in [3.05, 3.63) is 17.5 Å². The predicted molar refractivity (Wildman–Crippen MR) is 65.7 cm³/mol. The van der Waals surface area contributed by atoms with Crippen molar-refractivity contribution in [2.24, 2.45) is 0 Å². The van der Waals surface area contributed by atoms with Crippen molar-refractivity contribution in [1.29, 1.82) is 0 Å². The summed E-state index contributed by atoms with van der Waals surface area (Å²) in [7, 11) is 1.93. The van der Waals surface area contributed by atoms with Crippen molar-refractivity contribution < 1.29 is 4.79 Å². The number of hydrogen-bond donors (Lipinski definition) is 2. The minimum atomic E-state index is 0.189. The van der Waals surface area contributed by atoms with Crippen LogP contribution in [-0.4, -0.2) is 47.2 Å². The lowest BCUT2D eigenvalue weighted by Crippen LogP contribution is -2.41. The molecule has 2 rings (SSSR count). The van der Waals surface area contributed by atoms with Crippen molar-refractivity contribution in [1.82, 2.24) is 20.4 Å². The normalized spacial score (nSPS) is 19.9. The van der Waals surface area contributed by atoms with Crippen LogP contribution in [0.2, 0.25) is 0 Å². The molecule has 17 heavy (non-hydrogen) atoms. The van der Waals surface area contributed by atoms with E-state index >= 15 is 0 Å². The zero-order valence-corrected chi connectivity index (χ0v) is 10.5. The predicted octanol–water partition coefficient (Wildman–Crippen LogP) is 0.471. The molecule has 0 bridgehead atoms. The van der Waals surface area contributed by atoms with Crippen molar-refractivity contribution in [3.63, 3.8) is 0 Å². The topological polar surface area (TPSA) is 61.0 Å². The van der Waals surface area contributed by atoms with Gasteiger partial charge in [-0.1, -0.05) is 0 Å². The standard InChI is InChI=1S/C12H20N4O/c1-9-6-10(15-14-9)7-12(17)16-5-3-4-11(16)8-13-2/h6,11,13H,3-5,7-8H2,1-2H3,(H,14,15). The average molecular weight is 236 g/mol. The van der Waals surface area contributed by atoms with E-state index < -0.39 is 0 Å². The fourth-order valence-corrected chi connectivity index (χ4v) is 2.43. The monoisotopic (exact) mass is 236 g/mol. The number of aromatic amines is 1. The van der Waals surface area contributed by atoms with Crippen LogP contribution in [0.3, 0.4) is 0 Å². The highest BCUT2D eigenvalue weighted by atomic mass is 16.2. The Labute approximate surface area is 102 Å². The Kier molecular flexibility index (Phi) is 3.78. The number of carbonyl (C=O) groups excluding carboxylic acids is 1. The number of hydrogen-bond acceptors (Lipinski definition) is 3. The summed E-state index contributed by atoms with van der Waals surface area (Å²) in [6.45, 7) is 3.71. The first-order chi connectivity index (χ1) is 8.20. The first kappa shape index (κ1) is 12.1. The molecule has 1 aromatic heterocycles. The molecule has 0 spiro atoms. The van der Waals surface area contributed by atoms with E-state index in [1.165, 1.54) is 0 Å². The van der Waals surface area contributed by atoms with Crippen LogP contribution in [0, 0.1) is 6.92 Å². The Bertz CT molecular complexity index is 388. The summed E-state index contributed by atoms with van der Waals surface area (Å²) in [4.78, 5) is 14.1. The van der Waals surface area contributed by atoms with E-state index in [0.29, 0.717) is 12.5 Å². The number of likely N-dealkylation sites (tertiary alicyclic amines) is 1. The van der Waals surface area contributed by atoms with Gasteiger partial charge in [0.05, 0.1) is 12.1 Å². The molecule has 1 amide bonds. The highest BCUT2D eigenvalue weighted by Crippen LogP contribution is 2.17. The number of likely N-dealkylation sites (N-methyl/N-ethyl adjacent to an activating group) is 1. The third-order valence-electron chi connectivity index (χ3n) is 3.23. The molecule has 1 aliphatic heterocycles. The van der Waals surface area contributed by atoms with Gasteiger partial charge in [0, 0.05) is 24.8 Å². The van der Waals surface area contributed by atoms with E-state index in [-0.39, 0.29) is 5.91 Å². The Balaban J connectivity index is 1.95. The first-order valence-electron chi connectivity index (χ1n) is 6.15. The van der Waals surface area contributed by atoms with Gasteiger partial charge in [0.1, 0.15) is 0 Å². The average Bonchev–Trinajstić information content (AvgIpc) is 2.88. The maximum atomic E-state index is 12.2. The van der Waals surface area contributed by atoms with E-state index in [2.05, 4.69) is 15.5 Å². The van der Waals surface area contributed by atoms with Crippen LogP contribution >= 0.6 is 0 Å². The summed E-state index contributed by atoms with van der Waals surface area (Å²) in [5.41, 5.74) is 1.84. The molecular formula is C12H20N4O. The lowest BCUT2D eigenvalue weighted by Gasteiger charge is -2.24. The molecule has 2 N–H and O–H groups in total. The molecule has 1 aliphatic rings. The molecule has 0 aromatic carbocycles. The van der Waals surface area contributed by atoms with Gasteiger partial charge in [-0.3, -0.25) is 9.89 Å². The van der Waals surface area contributed by atoms with Gasteiger partial charge in [-0.05, 0) is 32.9 Å². The fourth-order valence-electron chi connectivity index (χ4n) is 2.43. The molecule has 0 aliphatic carbocycles. The maximum Gasteiger partial charge on any atom is 0.228 e. The summed E-state index contributed by atoms with van der Waals surface area (Å²) >= 11 is 0. The highest BCUT2D eigenvalue weighted by molar-refractivity contribution is 5.79. The van der Waals surface area contributed by atoms with E-state index in [1.807, 2.05) is 24.9 Å². The highest BCUT2D eigenvalue weighted by Gasteiger charge is 2.28. The van der Waals surface area contributed by atoms with Gasteiger partial charge in [-0.25, -0.2) is 0 Å². The van der Waals surface area contributed by atoms with E-state index in [9.17, 15) is 4.79 Å². The molecule has 0 saturated carbocycles. The number of nitrogens with zero attached hydrogens (tertiary/aromatic N) is 2. The Morgan fingerprint density at radius 2 is 2.53 bits per heavy atom. The van der Waals surface area contributed by atoms with Gasteiger partial charge >= 0.3 is 0 Å². The molecule has 1 atom stereocenters. The minimum Gasteiger partial charge on any atom is -0.338 e. The lowest BCUT2D eigenvalue weighted by atomic mass is 10.2. The van der Waals surface area contributed by atoms with Gasteiger partial charge in [-0.15, -0.1) is 0 Å². The van der Waals surface area contributed by atoms with Crippen molar-refractivity contribution in [2.45, 2.75) is 32.2 Å². The molecule has 2 heterocycles. The van der Waals surface area contributed by atoms with Crippen LogP contribution < -0.4 is 5.32 Å². The van der Waals surface area contributed by atoms with Crippen LogP contribution in [0.1, 0.15) is 24.2 Å². The SMILES string of the molecule is CNCC1CCCN1C(=O)Cc1cc(C)[nH]n1. The molecule has 1 saturated heterocycles. The molecule has 5 nitrogen and oxygen atoms in total. The Morgan fingerprint density at radius 3 is 3.18 bits per heavy atom. The summed E-state index contributed by atoms with van der Waals surface area (Å²) in [5.74, 6) is 0.189. The number of amides is 1. The number of nitrogens with one attached hydrogen (secondary N) is 2. The van der Waals surface area contributed by atoms with Crippen molar-refractivity contribution in [2.75, 3.05) is 20.1 Å². The Hall–Kier alpha value is -1.36. The van der Waals surface area contributed by atoms with Gasteiger partial charge in [0.2, 0.25) is 5.91 Å². The van der Waals surface area contributed by atoms with Crippen LogP contribution in [0.4, 0.5) is 0 Å².